The Morgan fingerprint density at radius 3 is 2.29 bits per heavy atom. The molecular formula is C23H21ClN2O4S. The van der Waals surface area contributed by atoms with Crippen LogP contribution in [0.15, 0.2) is 65.6 Å². The van der Waals surface area contributed by atoms with Crippen LogP contribution in [0.4, 0.5) is 11.4 Å². The SMILES string of the molecule is CC(C)(C)c1ccc(S(=O)(=O)Nc2ccc3c(c2)C(=O)Nc2cc(Cl)ccc2O3)cc1. The van der Waals surface area contributed by atoms with Crippen molar-refractivity contribution < 1.29 is 17.9 Å². The molecule has 6 nitrogen and oxygen atoms in total. The summed E-state index contributed by atoms with van der Waals surface area (Å²) in [4.78, 5) is 12.8. The van der Waals surface area contributed by atoms with E-state index in [0.717, 1.165) is 5.56 Å². The van der Waals surface area contributed by atoms with Gasteiger partial charge in [-0.3, -0.25) is 9.52 Å². The van der Waals surface area contributed by atoms with Crippen LogP contribution in [0.1, 0.15) is 36.7 Å². The lowest BCUT2D eigenvalue weighted by atomic mass is 9.87. The Bertz CT molecular complexity index is 1280. The number of anilines is 2. The van der Waals surface area contributed by atoms with E-state index in [0.29, 0.717) is 22.2 Å². The fraction of sp³-hybridized carbons (Fsp3) is 0.174. The maximum absolute atomic E-state index is 12.8. The standard InChI is InChI=1S/C23H21ClN2O4S/c1-23(2,3)14-4-8-17(9-5-14)31(28,29)26-16-7-11-20-18(13-16)22(27)25-19-12-15(24)6-10-21(19)30-20/h4-13,26H,1-3H3,(H,25,27). The first-order valence-electron chi connectivity index (χ1n) is 9.59. The van der Waals surface area contributed by atoms with Gasteiger partial charge in [-0.05, 0) is 59.5 Å². The van der Waals surface area contributed by atoms with Crippen LogP contribution in [0.25, 0.3) is 0 Å². The summed E-state index contributed by atoms with van der Waals surface area (Å²) in [6.07, 6.45) is 0. The Labute approximate surface area is 186 Å². The normalized spacial score (nSPS) is 13.4. The number of benzene rings is 3. The molecule has 8 heteroatoms. The molecule has 1 amide bonds. The van der Waals surface area contributed by atoms with E-state index < -0.39 is 15.9 Å². The molecule has 0 radical (unpaired) electrons. The van der Waals surface area contributed by atoms with Gasteiger partial charge in [-0.1, -0.05) is 44.5 Å². The summed E-state index contributed by atoms with van der Waals surface area (Å²) in [6.45, 7) is 6.18. The number of halogens is 1. The monoisotopic (exact) mass is 456 g/mol. The average Bonchev–Trinajstić information content (AvgIpc) is 2.83. The van der Waals surface area contributed by atoms with Crippen LogP contribution in [0.5, 0.6) is 11.5 Å². The minimum absolute atomic E-state index is 0.0815. The molecule has 0 atom stereocenters. The molecule has 3 aromatic carbocycles. The van der Waals surface area contributed by atoms with Crippen molar-refractivity contribution in [1.82, 2.24) is 0 Å². The lowest BCUT2D eigenvalue weighted by molar-refractivity contribution is 0.102. The number of rotatable bonds is 3. The van der Waals surface area contributed by atoms with Gasteiger partial charge in [-0.25, -0.2) is 8.42 Å². The zero-order chi connectivity index (χ0) is 22.4. The third-order valence-corrected chi connectivity index (χ3v) is 6.55. The molecule has 31 heavy (non-hydrogen) atoms. The van der Waals surface area contributed by atoms with Gasteiger partial charge < -0.3 is 10.1 Å². The molecule has 1 aliphatic rings. The van der Waals surface area contributed by atoms with Crippen LogP contribution in [-0.2, 0) is 15.4 Å². The summed E-state index contributed by atoms with van der Waals surface area (Å²) in [5.74, 6) is 0.339. The second-order valence-electron chi connectivity index (χ2n) is 8.29. The highest BCUT2D eigenvalue weighted by Crippen LogP contribution is 2.38. The Morgan fingerprint density at radius 2 is 1.61 bits per heavy atom. The number of carbonyl (C=O) groups is 1. The lowest BCUT2D eigenvalue weighted by Gasteiger charge is -2.19. The van der Waals surface area contributed by atoms with Crippen LogP contribution in [0.2, 0.25) is 5.02 Å². The van der Waals surface area contributed by atoms with E-state index in [9.17, 15) is 13.2 Å². The fourth-order valence-electron chi connectivity index (χ4n) is 3.21. The van der Waals surface area contributed by atoms with Gasteiger partial charge >= 0.3 is 0 Å². The van der Waals surface area contributed by atoms with E-state index in [4.69, 9.17) is 16.3 Å². The number of amides is 1. The van der Waals surface area contributed by atoms with E-state index in [1.807, 2.05) is 0 Å². The Hall–Kier alpha value is -3.03. The molecule has 3 aromatic rings. The van der Waals surface area contributed by atoms with Crippen molar-refractivity contribution in [3.8, 4) is 11.5 Å². The third-order valence-electron chi connectivity index (χ3n) is 4.92. The molecule has 0 unspecified atom stereocenters. The summed E-state index contributed by atoms with van der Waals surface area (Å²) < 4.78 is 34.0. The Balaban J connectivity index is 1.62. The number of carbonyl (C=O) groups excluding carboxylic acids is 1. The highest BCUT2D eigenvalue weighted by Gasteiger charge is 2.23. The summed E-state index contributed by atoms with van der Waals surface area (Å²) in [7, 11) is -3.83. The minimum atomic E-state index is -3.83. The first-order valence-corrected chi connectivity index (χ1v) is 11.5. The van der Waals surface area contributed by atoms with Crippen LogP contribution in [0.3, 0.4) is 0 Å². The topological polar surface area (TPSA) is 84.5 Å². The minimum Gasteiger partial charge on any atom is -0.454 e. The summed E-state index contributed by atoms with van der Waals surface area (Å²) in [6, 6.07) is 16.2. The van der Waals surface area contributed by atoms with Gasteiger partial charge in [0.25, 0.3) is 15.9 Å². The lowest BCUT2D eigenvalue weighted by Crippen LogP contribution is -2.16. The second-order valence-corrected chi connectivity index (χ2v) is 10.4. The van der Waals surface area contributed by atoms with Crippen molar-refractivity contribution in [2.24, 2.45) is 0 Å². The predicted molar refractivity (Wildman–Crippen MR) is 122 cm³/mol. The van der Waals surface area contributed by atoms with E-state index >= 15 is 0 Å². The van der Waals surface area contributed by atoms with Crippen LogP contribution >= 0.6 is 11.6 Å². The van der Waals surface area contributed by atoms with Crippen LogP contribution in [0, 0.1) is 0 Å². The number of sulfonamides is 1. The molecule has 0 fully saturated rings. The van der Waals surface area contributed by atoms with Gasteiger partial charge in [-0.15, -0.1) is 0 Å². The number of hydrogen-bond acceptors (Lipinski definition) is 4. The zero-order valence-corrected chi connectivity index (χ0v) is 18.8. The first-order chi connectivity index (χ1) is 14.5. The summed E-state index contributed by atoms with van der Waals surface area (Å²) >= 11 is 6.00. The van der Waals surface area contributed by atoms with E-state index in [-0.39, 0.29) is 21.6 Å². The highest BCUT2D eigenvalue weighted by molar-refractivity contribution is 7.92. The molecule has 1 heterocycles. The van der Waals surface area contributed by atoms with Gasteiger partial charge in [0.05, 0.1) is 16.1 Å². The molecule has 0 aliphatic carbocycles. The molecule has 0 saturated heterocycles. The van der Waals surface area contributed by atoms with Crippen molar-refractivity contribution in [2.75, 3.05) is 10.0 Å². The first kappa shape index (κ1) is 21.2. The molecule has 160 valence electrons. The molecule has 0 spiro atoms. The smallest absolute Gasteiger partial charge is 0.261 e. The number of fused-ring (bicyclic) bond motifs is 2. The van der Waals surface area contributed by atoms with Gasteiger partial charge in [-0.2, -0.15) is 0 Å². The van der Waals surface area contributed by atoms with Crippen LogP contribution < -0.4 is 14.8 Å². The van der Waals surface area contributed by atoms with Crippen molar-refractivity contribution in [3.63, 3.8) is 0 Å². The highest BCUT2D eigenvalue weighted by atomic mass is 35.5. The zero-order valence-electron chi connectivity index (χ0n) is 17.2. The molecular weight excluding hydrogens is 436 g/mol. The second kappa shape index (κ2) is 7.59. The van der Waals surface area contributed by atoms with Crippen molar-refractivity contribution in [1.29, 1.82) is 0 Å². The molecule has 1 aliphatic heterocycles. The van der Waals surface area contributed by atoms with Crippen molar-refractivity contribution >= 4 is 38.9 Å². The van der Waals surface area contributed by atoms with Gasteiger partial charge in [0.2, 0.25) is 0 Å². The third kappa shape index (κ3) is 4.38. The molecule has 0 saturated carbocycles. The van der Waals surface area contributed by atoms with Gasteiger partial charge in [0.1, 0.15) is 5.75 Å². The predicted octanol–water partition coefficient (Wildman–Crippen LogP) is 5.80. The molecule has 2 N–H and O–H groups in total. The van der Waals surface area contributed by atoms with E-state index in [1.165, 1.54) is 6.07 Å². The number of nitrogens with one attached hydrogen (secondary N) is 2. The van der Waals surface area contributed by atoms with Gasteiger partial charge in [0, 0.05) is 10.7 Å². The largest absolute Gasteiger partial charge is 0.454 e. The molecule has 0 bridgehead atoms. The molecule has 0 aromatic heterocycles. The maximum Gasteiger partial charge on any atom is 0.261 e. The Morgan fingerprint density at radius 1 is 0.935 bits per heavy atom. The quantitative estimate of drug-likeness (QED) is 0.521. The van der Waals surface area contributed by atoms with Crippen molar-refractivity contribution in [3.05, 3.63) is 76.8 Å². The summed E-state index contributed by atoms with van der Waals surface area (Å²) in [5, 5.41) is 3.19. The van der Waals surface area contributed by atoms with Gasteiger partial charge in [0.15, 0.2) is 5.75 Å². The molecule has 4 rings (SSSR count). The Kier molecular flexibility index (Phi) is 5.19. The van der Waals surface area contributed by atoms with Crippen molar-refractivity contribution in [2.45, 2.75) is 31.1 Å². The van der Waals surface area contributed by atoms with Crippen LogP contribution in [-0.4, -0.2) is 14.3 Å². The number of hydrogen-bond donors (Lipinski definition) is 2. The fourth-order valence-corrected chi connectivity index (χ4v) is 4.43. The average molecular weight is 457 g/mol. The maximum atomic E-state index is 12.8. The number of ether oxygens (including phenoxy) is 1. The van der Waals surface area contributed by atoms with E-state index in [2.05, 4.69) is 30.8 Å². The van der Waals surface area contributed by atoms with E-state index in [1.54, 1.807) is 54.6 Å². The summed E-state index contributed by atoms with van der Waals surface area (Å²) in [5.41, 5.74) is 1.85.